The smallest absolute Gasteiger partial charge is 0.475 e. The third-order valence-electron chi connectivity index (χ3n) is 4.51. The van der Waals surface area contributed by atoms with Crippen LogP contribution in [0.15, 0.2) is 24.3 Å². The van der Waals surface area contributed by atoms with Crippen molar-refractivity contribution in [3.63, 3.8) is 0 Å². The van der Waals surface area contributed by atoms with E-state index in [-0.39, 0.29) is 18.3 Å². The molecule has 2 aliphatic heterocycles. The summed E-state index contributed by atoms with van der Waals surface area (Å²) in [4.78, 5) is 25.4. The van der Waals surface area contributed by atoms with E-state index in [9.17, 15) is 22.4 Å². The zero-order chi connectivity index (χ0) is 20.2. The number of benzene rings is 1. The molecule has 0 saturated carbocycles. The van der Waals surface area contributed by atoms with Crippen LogP contribution >= 0.6 is 0 Å². The molecule has 2 bridgehead atoms. The molecule has 0 radical (unpaired) electrons. The Hall–Kier alpha value is -2.20. The maximum Gasteiger partial charge on any atom is 0.490 e. The lowest BCUT2D eigenvalue weighted by Crippen LogP contribution is -2.45. The predicted octanol–water partition coefficient (Wildman–Crippen LogP) is 1.60. The number of piperidine rings is 1. The summed E-state index contributed by atoms with van der Waals surface area (Å²) in [7, 11) is 0. The number of carbonyl (C=O) groups is 2. The van der Waals surface area contributed by atoms with Crippen molar-refractivity contribution in [1.29, 1.82) is 0 Å². The highest BCUT2D eigenvalue weighted by Gasteiger charge is 2.40. The fourth-order valence-corrected chi connectivity index (χ4v) is 3.42. The molecule has 2 saturated heterocycles. The van der Waals surface area contributed by atoms with E-state index in [0.717, 1.165) is 19.5 Å². The molecule has 27 heavy (non-hydrogen) atoms. The summed E-state index contributed by atoms with van der Waals surface area (Å²) in [5.74, 6) is -2.76. The van der Waals surface area contributed by atoms with Gasteiger partial charge in [-0.15, -0.1) is 0 Å². The Labute approximate surface area is 153 Å². The second kappa shape index (κ2) is 8.66. The quantitative estimate of drug-likeness (QED) is 0.764. The molecule has 2 atom stereocenters. The van der Waals surface area contributed by atoms with E-state index in [1.165, 1.54) is 12.1 Å². The van der Waals surface area contributed by atoms with Crippen LogP contribution in [0.2, 0.25) is 0 Å². The number of halogens is 4. The number of alkyl halides is 3. The molecular weight excluding hydrogens is 372 g/mol. The molecule has 6 nitrogen and oxygen atoms in total. The van der Waals surface area contributed by atoms with Gasteiger partial charge in [0.05, 0.1) is 6.61 Å². The summed E-state index contributed by atoms with van der Waals surface area (Å²) in [5.41, 5.74) is 0.417. The summed E-state index contributed by atoms with van der Waals surface area (Å²) in [6, 6.07) is 6.20. The Balaban J connectivity index is 0.000000321. The number of rotatable bonds is 3. The summed E-state index contributed by atoms with van der Waals surface area (Å²) in [6.07, 6.45) is -3.99. The van der Waals surface area contributed by atoms with Gasteiger partial charge in [-0.2, -0.15) is 13.2 Å². The molecule has 1 aromatic carbocycles. The number of amides is 1. The first-order valence-electron chi connectivity index (χ1n) is 8.31. The average molecular weight is 392 g/mol. The van der Waals surface area contributed by atoms with Crippen molar-refractivity contribution in [2.24, 2.45) is 5.92 Å². The Bertz CT molecular complexity index is 683. The van der Waals surface area contributed by atoms with E-state index in [1.54, 1.807) is 12.1 Å². The van der Waals surface area contributed by atoms with Gasteiger partial charge in [0.25, 0.3) is 5.91 Å². The zero-order valence-electron chi connectivity index (χ0n) is 14.3. The van der Waals surface area contributed by atoms with Gasteiger partial charge in [-0.05, 0) is 30.5 Å². The van der Waals surface area contributed by atoms with Crippen molar-refractivity contribution in [3.05, 3.63) is 35.6 Å². The lowest BCUT2D eigenvalue weighted by molar-refractivity contribution is -0.192. The van der Waals surface area contributed by atoms with Gasteiger partial charge in [-0.1, -0.05) is 6.07 Å². The van der Waals surface area contributed by atoms with Crippen molar-refractivity contribution in [1.82, 2.24) is 9.80 Å². The van der Waals surface area contributed by atoms with Gasteiger partial charge in [0.1, 0.15) is 5.82 Å². The van der Waals surface area contributed by atoms with E-state index in [0.29, 0.717) is 30.6 Å². The number of hydrogen-bond donors (Lipinski definition) is 2. The van der Waals surface area contributed by atoms with Crippen LogP contribution in [0.25, 0.3) is 0 Å². The second-order valence-electron chi connectivity index (χ2n) is 6.50. The molecule has 0 spiro atoms. The SMILES string of the molecule is O=C(O)C(F)(F)F.O=C(c1cccc(F)c1)N1CC2CC(C1)N(CCO)C2. The van der Waals surface area contributed by atoms with Crippen molar-refractivity contribution < 1.29 is 37.4 Å². The van der Waals surface area contributed by atoms with Gasteiger partial charge >= 0.3 is 12.1 Å². The van der Waals surface area contributed by atoms with E-state index in [2.05, 4.69) is 4.90 Å². The zero-order valence-corrected chi connectivity index (χ0v) is 14.3. The van der Waals surface area contributed by atoms with Gasteiger partial charge in [-0.25, -0.2) is 9.18 Å². The van der Waals surface area contributed by atoms with Gasteiger partial charge < -0.3 is 15.1 Å². The Morgan fingerprint density at radius 3 is 2.41 bits per heavy atom. The standard InChI is InChI=1S/C15H19FN2O2.C2HF3O2/c16-13-3-1-2-12(7-13)15(20)18-9-11-6-14(10-18)17(8-11)4-5-19;3-2(4,5)1(6)7/h1-3,7,11,14,19H,4-6,8-10H2;(H,6,7). The lowest BCUT2D eigenvalue weighted by Gasteiger charge is -2.33. The number of aliphatic hydroxyl groups excluding tert-OH is 1. The average Bonchev–Trinajstić information content (AvgIpc) is 2.87. The van der Waals surface area contributed by atoms with Gasteiger partial charge in [0.2, 0.25) is 0 Å². The summed E-state index contributed by atoms with van der Waals surface area (Å²) in [5, 5.41) is 16.2. The maximum absolute atomic E-state index is 13.2. The summed E-state index contributed by atoms with van der Waals surface area (Å²) in [6.45, 7) is 3.17. The van der Waals surface area contributed by atoms with E-state index >= 15 is 0 Å². The molecule has 2 unspecified atom stereocenters. The molecule has 0 aliphatic carbocycles. The van der Waals surface area contributed by atoms with Gasteiger partial charge in [0, 0.05) is 37.8 Å². The number of hydrogen-bond acceptors (Lipinski definition) is 4. The van der Waals surface area contributed by atoms with Crippen molar-refractivity contribution in [3.8, 4) is 0 Å². The fraction of sp³-hybridized carbons (Fsp3) is 0.529. The van der Waals surface area contributed by atoms with E-state index in [1.807, 2.05) is 4.90 Å². The number of carbonyl (C=O) groups excluding carboxylic acids is 1. The minimum Gasteiger partial charge on any atom is -0.475 e. The monoisotopic (exact) mass is 392 g/mol. The topological polar surface area (TPSA) is 81.1 Å². The number of carboxylic acid groups (broad SMARTS) is 1. The van der Waals surface area contributed by atoms with Crippen molar-refractivity contribution in [2.45, 2.75) is 18.6 Å². The Morgan fingerprint density at radius 1 is 1.19 bits per heavy atom. The van der Waals surface area contributed by atoms with Crippen LogP contribution in [-0.4, -0.2) is 76.9 Å². The number of fused-ring (bicyclic) bond motifs is 2. The largest absolute Gasteiger partial charge is 0.490 e. The van der Waals surface area contributed by atoms with Crippen LogP contribution in [-0.2, 0) is 4.79 Å². The highest BCUT2D eigenvalue weighted by molar-refractivity contribution is 5.94. The molecule has 2 N–H and O–H groups in total. The number of nitrogens with zero attached hydrogens (tertiary/aromatic N) is 2. The highest BCUT2D eigenvalue weighted by Crippen LogP contribution is 2.30. The first kappa shape index (κ1) is 21.1. The second-order valence-corrected chi connectivity index (χ2v) is 6.50. The first-order valence-corrected chi connectivity index (χ1v) is 8.31. The van der Waals surface area contributed by atoms with Crippen molar-refractivity contribution in [2.75, 3.05) is 32.8 Å². The molecule has 0 aromatic heterocycles. The molecule has 3 rings (SSSR count). The molecule has 2 fully saturated rings. The van der Waals surface area contributed by atoms with Crippen LogP contribution < -0.4 is 0 Å². The normalized spacial score (nSPS) is 22.2. The third-order valence-corrected chi connectivity index (χ3v) is 4.51. The molecule has 150 valence electrons. The van der Waals surface area contributed by atoms with Gasteiger partial charge in [0.15, 0.2) is 0 Å². The molecular formula is C17H20F4N2O4. The Kier molecular flexibility index (Phi) is 6.77. The minimum absolute atomic E-state index is 0.0925. The van der Waals surface area contributed by atoms with E-state index in [4.69, 9.17) is 15.0 Å². The number of aliphatic hydroxyl groups is 1. The number of aliphatic carboxylic acids is 1. The Morgan fingerprint density at radius 2 is 1.85 bits per heavy atom. The molecule has 2 aliphatic rings. The lowest BCUT2D eigenvalue weighted by atomic mass is 9.99. The molecule has 10 heteroatoms. The van der Waals surface area contributed by atoms with Crippen LogP contribution in [0.4, 0.5) is 17.6 Å². The summed E-state index contributed by atoms with van der Waals surface area (Å²) >= 11 is 0. The molecule has 1 amide bonds. The number of carboxylic acids is 1. The number of likely N-dealkylation sites (tertiary alicyclic amines) is 2. The maximum atomic E-state index is 13.2. The van der Waals surface area contributed by atoms with Crippen LogP contribution in [0.5, 0.6) is 0 Å². The minimum atomic E-state index is -5.08. The van der Waals surface area contributed by atoms with Crippen LogP contribution in [0.3, 0.4) is 0 Å². The first-order chi connectivity index (χ1) is 12.6. The molecule has 1 aromatic rings. The van der Waals surface area contributed by atoms with Crippen molar-refractivity contribution >= 4 is 11.9 Å². The van der Waals surface area contributed by atoms with E-state index < -0.39 is 12.1 Å². The highest BCUT2D eigenvalue weighted by atomic mass is 19.4. The molecule has 2 heterocycles. The van der Waals surface area contributed by atoms with Crippen LogP contribution in [0.1, 0.15) is 16.8 Å². The third kappa shape index (κ3) is 5.64. The predicted molar refractivity (Wildman–Crippen MR) is 86.5 cm³/mol. The van der Waals surface area contributed by atoms with Crippen LogP contribution in [0, 0.1) is 11.7 Å². The fourth-order valence-electron chi connectivity index (χ4n) is 3.42. The van der Waals surface area contributed by atoms with Gasteiger partial charge in [-0.3, -0.25) is 9.69 Å². The summed E-state index contributed by atoms with van der Waals surface area (Å²) < 4.78 is 45.0. The number of β-amino-alcohol motifs (C(OH)–C–C–N with tert-alkyl or cyclic N) is 1.